The highest BCUT2D eigenvalue weighted by Gasteiger charge is 1.77. The smallest absolute Gasteiger partial charge is 0.0615 e. The third kappa shape index (κ3) is 3.49. The Morgan fingerprint density at radius 3 is 2.57 bits per heavy atom. The molecule has 0 fully saturated rings. The summed E-state index contributed by atoms with van der Waals surface area (Å²) in [6, 6.07) is 0. The van der Waals surface area contributed by atoms with Crippen molar-refractivity contribution in [2.75, 3.05) is 13.2 Å². The van der Waals surface area contributed by atoms with E-state index in [9.17, 15) is 0 Å². The Bertz CT molecular complexity index is 68.5. The molecule has 0 aliphatic heterocycles. The van der Waals surface area contributed by atoms with E-state index < -0.39 is 0 Å². The average Bonchev–Trinajstić information content (AvgIpc) is 1.68. The van der Waals surface area contributed by atoms with Gasteiger partial charge in [0.15, 0.2) is 0 Å². The highest BCUT2D eigenvalue weighted by Crippen LogP contribution is 1.83. The molecule has 0 amide bonds. The molecule has 0 atom stereocenters. The lowest BCUT2D eigenvalue weighted by atomic mass is 10.3. The Labute approximate surface area is 43.6 Å². The monoisotopic (exact) mass is 101 g/mol. The Morgan fingerprint density at radius 2 is 2.43 bits per heavy atom. The van der Waals surface area contributed by atoms with Crippen LogP contribution in [0.5, 0.6) is 0 Å². The van der Waals surface area contributed by atoms with Gasteiger partial charge in [-0.15, -0.1) is 0 Å². The molecule has 7 heavy (non-hydrogen) atoms. The zero-order chi connectivity index (χ0) is 5.70. The molecule has 0 saturated carbocycles. The van der Waals surface area contributed by atoms with Crippen molar-refractivity contribution >= 4 is 0 Å². The fourth-order valence-electron chi connectivity index (χ4n) is 0.239. The predicted molar refractivity (Wildman–Crippen MR) is 29.9 cm³/mol. The van der Waals surface area contributed by atoms with Crippen molar-refractivity contribution in [3.8, 4) is 0 Å². The van der Waals surface area contributed by atoms with Gasteiger partial charge >= 0.3 is 0 Å². The minimum absolute atomic E-state index is 0.100. The van der Waals surface area contributed by atoms with Crippen molar-refractivity contribution in [3.63, 3.8) is 0 Å². The molecule has 2 nitrogen and oxygen atoms in total. The van der Waals surface area contributed by atoms with E-state index in [0.29, 0.717) is 6.54 Å². The third-order valence-electron chi connectivity index (χ3n) is 0.762. The predicted octanol–water partition coefficient (Wildman–Crippen LogP) is -0.116. The maximum atomic E-state index is 8.24. The molecule has 0 rings (SSSR count). The van der Waals surface area contributed by atoms with E-state index in [-0.39, 0.29) is 6.61 Å². The first-order chi connectivity index (χ1) is 3.31. The van der Waals surface area contributed by atoms with Crippen LogP contribution < -0.4 is 5.73 Å². The first-order valence-corrected chi connectivity index (χ1v) is 2.27. The molecule has 0 bridgehead atoms. The maximum Gasteiger partial charge on any atom is 0.0615 e. The first-order valence-electron chi connectivity index (χ1n) is 2.27. The minimum atomic E-state index is 0.100. The van der Waals surface area contributed by atoms with E-state index in [2.05, 4.69) is 0 Å². The minimum Gasteiger partial charge on any atom is -0.392 e. The van der Waals surface area contributed by atoms with E-state index in [1.165, 1.54) is 0 Å². The lowest BCUT2D eigenvalue weighted by molar-refractivity contribution is 0.341. The van der Waals surface area contributed by atoms with Gasteiger partial charge in [-0.2, -0.15) is 0 Å². The van der Waals surface area contributed by atoms with Crippen molar-refractivity contribution in [1.82, 2.24) is 0 Å². The van der Waals surface area contributed by atoms with Gasteiger partial charge in [-0.05, 0) is 6.92 Å². The standard InChI is InChI=1S/C5H11NO/c1-5(4-6)2-3-7/h2,7H,3-4,6H2,1H3/b5-2-. The van der Waals surface area contributed by atoms with Crippen LogP contribution in [0.4, 0.5) is 0 Å². The highest BCUT2D eigenvalue weighted by atomic mass is 16.2. The normalized spacial score (nSPS) is 12.1. The lowest BCUT2D eigenvalue weighted by Gasteiger charge is -1.88. The van der Waals surface area contributed by atoms with Crippen LogP contribution in [0.2, 0.25) is 0 Å². The summed E-state index contributed by atoms with van der Waals surface area (Å²) in [5, 5.41) is 8.24. The van der Waals surface area contributed by atoms with Crippen LogP contribution in [-0.2, 0) is 0 Å². The molecular weight excluding hydrogens is 90.1 g/mol. The number of rotatable bonds is 2. The Kier molecular flexibility index (Phi) is 3.65. The summed E-state index contributed by atoms with van der Waals surface area (Å²) in [5.74, 6) is 0. The van der Waals surface area contributed by atoms with E-state index in [1.807, 2.05) is 6.92 Å². The van der Waals surface area contributed by atoms with Crippen molar-refractivity contribution in [1.29, 1.82) is 0 Å². The summed E-state index contributed by atoms with van der Waals surface area (Å²) >= 11 is 0. The summed E-state index contributed by atoms with van der Waals surface area (Å²) in [6.45, 7) is 2.53. The van der Waals surface area contributed by atoms with E-state index >= 15 is 0 Å². The average molecular weight is 101 g/mol. The molecular formula is C5H11NO. The van der Waals surface area contributed by atoms with Crippen molar-refractivity contribution in [3.05, 3.63) is 11.6 Å². The van der Waals surface area contributed by atoms with Gasteiger partial charge in [0.05, 0.1) is 6.61 Å². The summed E-state index contributed by atoms with van der Waals surface area (Å²) in [6.07, 6.45) is 1.69. The van der Waals surface area contributed by atoms with Gasteiger partial charge in [-0.25, -0.2) is 0 Å². The summed E-state index contributed by atoms with van der Waals surface area (Å²) in [5.41, 5.74) is 6.21. The van der Waals surface area contributed by atoms with Crippen molar-refractivity contribution in [2.24, 2.45) is 5.73 Å². The summed E-state index contributed by atoms with van der Waals surface area (Å²) in [7, 11) is 0. The van der Waals surface area contributed by atoms with Gasteiger partial charge in [0, 0.05) is 6.54 Å². The Hall–Kier alpha value is -0.340. The molecule has 42 valence electrons. The van der Waals surface area contributed by atoms with Crippen LogP contribution in [-0.4, -0.2) is 18.3 Å². The van der Waals surface area contributed by atoms with Crippen LogP contribution >= 0.6 is 0 Å². The largest absolute Gasteiger partial charge is 0.392 e. The van der Waals surface area contributed by atoms with E-state index in [4.69, 9.17) is 10.8 Å². The van der Waals surface area contributed by atoms with Gasteiger partial charge in [-0.1, -0.05) is 11.6 Å². The second kappa shape index (κ2) is 3.84. The number of hydrogen-bond donors (Lipinski definition) is 2. The van der Waals surface area contributed by atoms with Crippen LogP contribution in [0.1, 0.15) is 6.92 Å². The third-order valence-corrected chi connectivity index (χ3v) is 0.762. The molecule has 2 heteroatoms. The van der Waals surface area contributed by atoms with Gasteiger partial charge in [0.25, 0.3) is 0 Å². The second-order valence-electron chi connectivity index (χ2n) is 1.44. The number of aliphatic hydroxyl groups is 1. The summed E-state index contributed by atoms with van der Waals surface area (Å²) in [4.78, 5) is 0. The molecule has 0 aromatic heterocycles. The Balaban J connectivity index is 3.29. The molecule has 0 spiro atoms. The van der Waals surface area contributed by atoms with Crippen LogP contribution in [0.15, 0.2) is 11.6 Å². The van der Waals surface area contributed by atoms with Gasteiger partial charge in [-0.3, -0.25) is 0 Å². The van der Waals surface area contributed by atoms with E-state index in [1.54, 1.807) is 6.08 Å². The van der Waals surface area contributed by atoms with E-state index in [0.717, 1.165) is 5.57 Å². The van der Waals surface area contributed by atoms with Gasteiger partial charge in [0.1, 0.15) is 0 Å². The molecule has 0 aliphatic rings. The SMILES string of the molecule is C/C(=C/CO)CN. The summed E-state index contributed by atoms with van der Waals surface area (Å²) < 4.78 is 0. The molecule has 0 aromatic carbocycles. The zero-order valence-electron chi connectivity index (χ0n) is 4.52. The molecule has 0 unspecified atom stereocenters. The lowest BCUT2D eigenvalue weighted by Crippen LogP contribution is -1.99. The Morgan fingerprint density at radius 1 is 1.86 bits per heavy atom. The molecule has 0 aliphatic carbocycles. The van der Waals surface area contributed by atoms with Crippen LogP contribution in [0, 0.1) is 0 Å². The topological polar surface area (TPSA) is 46.2 Å². The van der Waals surface area contributed by atoms with Gasteiger partial charge in [0.2, 0.25) is 0 Å². The molecule has 0 heterocycles. The quantitative estimate of drug-likeness (QED) is 0.476. The maximum absolute atomic E-state index is 8.24. The van der Waals surface area contributed by atoms with Crippen LogP contribution in [0.25, 0.3) is 0 Å². The molecule has 0 aromatic rings. The fourth-order valence-corrected chi connectivity index (χ4v) is 0.239. The number of nitrogens with two attached hydrogens (primary N) is 1. The highest BCUT2D eigenvalue weighted by molar-refractivity contribution is 4.98. The number of hydrogen-bond acceptors (Lipinski definition) is 2. The second-order valence-corrected chi connectivity index (χ2v) is 1.44. The van der Waals surface area contributed by atoms with Crippen LogP contribution in [0.3, 0.4) is 0 Å². The molecule has 0 radical (unpaired) electrons. The zero-order valence-corrected chi connectivity index (χ0v) is 4.52. The fraction of sp³-hybridized carbons (Fsp3) is 0.600. The van der Waals surface area contributed by atoms with Crippen molar-refractivity contribution < 1.29 is 5.11 Å². The van der Waals surface area contributed by atoms with Gasteiger partial charge < -0.3 is 10.8 Å². The molecule has 0 saturated heterocycles. The number of aliphatic hydroxyl groups excluding tert-OH is 1. The first kappa shape index (κ1) is 6.66. The molecule has 3 N–H and O–H groups in total. The van der Waals surface area contributed by atoms with Crippen molar-refractivity contribution in [2.45, 2.75) is 6.92 Å².